The van der Waals surface area contributed by atoms with E-state index in [0.717, 1.165) is 5.56 Å². The molecule has 84 valence electrons. The Balaban J connectivity index is 1.88. The van der Waals surface area contributed by atoms with E-state index in [4.69, 9.17) is 19.8 Å². The average Bonchev–Trinajstić information content (AvgIpc) is 2.38. The standard InChI is InChI=1S/C10H11N3O3/c11-12-13-16-9-6-14-10(15-7-9)8-4-2-1-3-5-8/h1-5,9-10H,6-7H2. The number of nitrogens with zero attached hydrogens (tertiary/aromatic N) is 3. The van der Waals surface area contributed by atoms with Gasteiger partial charge in [0.1, 0.15) is 5.28 Å². The Kier molecular flexibility index (Phi) is 3.61. The maximum Gasteiger partial charge on any atom is 0.184 e. The average molecular weight is 221 g/mol. The molecule has 0 amide bonds. The molecule has 2 rings (SSSR count). The summed E-state index contributed by atoms with van der Waals surface area (Å²) in [6.07, 6.45) is -0.706. The molecule has 6 heteroatoms. The minimum absolute atomic E-state index is 0.337. The lowest BCUT2D eigenvalue weighted by Gasteiger charge is -2.28. The minimum Gasteiger partial charge on any atom is -0.425 e. The summed E-state index contributed by atoms with van der Waals surface area (Å²) < 4.78 is 10.9. The van der Waals surface area contributed by atoms with Gasteiger partial charge in [-0.25, -0.2) is 0 Å². The zero-order valence-electron chi connectivity index (χ0n) is 8.52. The van der Waals surface area contributed by atoms with Crippen LogP contribution in [0, 0.1) is 0 Å². The summed E-state index contributed by atoms with van der Waals surface area (Å²) in [5.41, 5.74) is 9.04. The maximum atomic E-state index is 8.08. The molecule has 1 fully saturated rings. The zero-order valence-corrected chi connectivity index (χ0v) is 8.52. The summed E-state index contributed by atoms with van der Waals surface area (Å²) in [5.74, 6) is 0. The molecule has 6 nitrogen and oxygen atoms in total. The lowest BCUT2D eigenvalue weighted by Crippen LogP contribution is -2.32. The largest absolute Gasteiger partial charge is 0.425 e. The Bertz CT molecular complexity index is 370. The molecular weight excluding hydrogens is 210 g/mol. The van der Waals surface area contributed by atoms with Gasteiger partial charge in [0.05, 0.1) is 13.2 Å². The van der Waals surface area contributed by atoms with E-state index < -0.39 is 0 Å². The van der Waals surface area contributed by atoms with E-state index in [2.05, 4.69) is 10.2 Å². The summed E-state index contributed by atoms with van der Waals surface area (Å²) in [4.78, 5) is 7.27. The number of azide groups is 1. The van der Waals surface area contributed by atoms with Crippen LogP contribution in [0.5, 0.6) is 0 Å². The van der Waals surface area contributed by atoms with Crippen molar-refractivity contribution in [3.63, 3.8) is 0 Å². The third-order valence-corrected chi connectivity index (χ3v) is 2.17. The smallest absolute Gasteiger partial charge is 0.184 e. The van der Waals surface area contributed by atoms with E-state index in [-0.39, 0.29) is 12.4 Å². The SMILES string of the molecule is [N-]=[N+]=NOC1COC(c2ccccc2)OC1. The predicted octanol–water partition coefficient (Wildman–Crippen LogP) is 2.34. The van der Waals surface area contributed by atoms with Gasteiger partial charge >= 0.3 is 0 Å². The Morgan fingerprint density at radius 3 is 2.56 bits per heavy atom. The van der Waals surface area contributed by atoms with E-state index in [1.165, 1.54) is 0 Å². The number of hydrogen-bond acceptors (Lipinski definition) is 4. The van der Waals surface area contributed by atoms with Crippen LogP contribution in [0.2, 0.25) is 0 Å². The van der Waals surface area contributed by atoms with Crippen molar-refractivity contribution in [2.75, 3.05) is 13.2 Å². The lowest BCUT2D eigenvalue weighted by molar-refractivity contribution is -0.231. The minimum atomic E-state index is -0.368. The first-order chi connectivity index (χ1) is 7.90. The fraction of sp³-hybridized carbons (Fsp3) is 0.400. The van der Waals surface area contributed by atoms with Crippen LogP contribution in [-0.2, 0) is 14.3 Å². The maximum absolute atomic E-state index is 8.08. The molecule has 0 saturated carbocycles. The molecule has 0 spiro atoms. The summed E-state index contributed by atoms with van der Waals surface area (Å²) in [6, 6.07) is 9.63. The normalized spacial score (nSPS) is 24.5. The van der Waals surface area contributed by atoms with Gasteiger partial charge < -0.3 is 14.3 Å². The summed E-state index contributed by atoms with van der Waals surface area (Å²) in [7, 11) is 0. The van der Waals surface area contributed by atoms with Crippen LogP contribution < -0.4 is 0 Å². The van der Waals surface area contributed by atoms with Gasteiger partial charge in [0.2, 0.25) is 0 Å². The van der Waals surface area contributed by atoms with Crippen molar-refractivity contribution in [2.24, 2.45) is 5.28 Å². The molecule has 1 saturated heterocycles. The van der Waals surface area contributed by atoms with Crippen LogP contribution in [0.25, 0.3) is 10.4 Å². The zero-order chi connectivity index (χ0) is 11.2. The van der Waals surface area contributed by atoms with Crippen molar-refractivity contribution in [3.8, 4) is 0 Å². The van der Waals surface area contributed by atoms with Crippen LogP contribution in [0.3, 0.4) is 0 Å². The predicted molar refractivity (Wildman–Crippen MR) is 55.1 cm³/mol. The van der Waals surface area contributed by atoms with E-state index in [1.54, 1.807) is 0 Å². The molecular formula is C10H11N3O3. The number of ether oxygens (including phenoxy) is 2. The van der Waals surface area contributed by atoms with Gasteiger partial charge in [-0.3, -0.25) is 0 Å². The highest BCUT2D eigenvalue weighted by Gasteiger charge is 2.23. The summed E-state index contributed by atoms with van der Waals surface area (Å²) >= 11 is 0. The molecule has 1 heterocycles. The first kappa shape index (κ1) is 10.8. The van der Waals surface area contributed by atoms with Gasteiger partial charge in [-0.05, 0) is 5.53 Å². The highest BCUT2D eigenvalue weighted by atomic mass is 16.7. The summed E-state index contributed by atoms with van der Waals surface area (Å²) in [6.45, 7) is 0.692. The van der Waals surface area contributed by atoms with Crippen molar-refractivity contribution in [3.05, 3.63) is 46.3 Å². The van der Waals surface area contributed by atoms with Gasteiger partial charge in [-0.1, -0.05) is 30.3 Å². The van der Waals surface area contributed by atoms with Crippen LogP contribution >= 0.6 is 0 Å². The number of benzene rings is 1. The van der Waals surface area contributed by atoms with E-state index in [1.807, 2.05) is 30.3 Å². The molecule has 1 aliphatic rings. The fourth-order valence-corrected chi connectivity index (χ4v) is 1.44. The highest BCUT2D eigenvalue weighted by molar-refractivity contribution is 5.16. The van der Waals surface area contributed by atoms with E-state index >= 15 is 0 Å². The van der Waals surface area contributed by atoms with Gasteiger partial charge in [-0.2, -0.15) is 0 Å². The van der Waals surface area contributed by atoms with Crippen LogP contribution in [0.1, 0.15) is 11.9 Å². The van der Waals surface area contributed by atoms with Crippen LogP contribution in [-0.4, -0.2) is 19.3 Å². The molecule has 1 aromatic rings. The second kappa shape index (κ2) is 5.37. The quantitative estimate of drug-likeness (QED) is 0.340. The topological polar surface area (TPSA) is 76.5 Å². The third kappa shape index (κ3) is 2.64. The molecule has 0 aliphatic carbocycles. The van der Waals surface area contributed by atoms with Gasteiger partial charge in [0.15, 0.2) is 12.4 Å². The van der Waals surface area contributed by atoms with Crippen LogP contribution in [0.15, 0.2) is 35.6 Å². The molecule has 0 bridgehead atoms. The molecule has 1 aliphatic heterocycles. The Morgan fingerprint density at radius 2 is 1.94 bits per heavy atom. The van der Waals surface area contributed by atoms with Gasteiger partial charge in [0.25, 0.3) is 0 Å². The molecule has 0 atom stereocenters. The van der Waals surface area contributed by atoms with Gasteiger partial charge in [-0.15, -0.1) is 0 Å². The van der Waals surface area contributed by atoms with Crippen molar-refractivity contribution >= 4 is 0 Å². The van der Waals surface area contributed by atoms with Crippen molar-refractivity contribution in [2.45, 2.75) is 12.4 Å². The first-order valence-corrected chi connectivity index (χ1v) is 4.88. The molecule has 1 aromatic carbocycles. The molecule has 0 radical (unpaired) electrons. The van der Waals surface area contributed by atoms with Crippen molar-refractivity contribution in [1.29, 1.82) is 0 Å². The first-order valence-electron chi connectivity index (χ1n) is 4.88. The summed E-state index contributed by atoms with van der Waals surface area (Å²) in [5, 5.41) is 3.01. The van der Waals surface area contributed by atoms with E-state index in [9.17, 15) is 0 Å². The number of hydrogen-bond donors (Lipinski definition) is 0. The highest BCUT2D eigenvalue weighted by Crippen LogP contribution is 2.23. The third-order valence-electron chi connectivity index (χ3n) is 2.17. The number of rotatable bonds is 3. The molecule has 0 N–H and O–H groups in total. The fourth-order valence-electron chi connectivity index (χ4n) is 1.44. The van der Waals surface area contributed by atoms with Crippen LogP contribution in [0.4, 0.5) is 0 Å². The lowest BCUT2D eigenvalue weighted by atomic mass is 10.2. The van der Waals surface area contributed by atoms with Crippen molar-refractivity contribution < 1.29 is 14.3 Å². The monoisotopic (exact) mass is 221 g/mol. The second-order valence-corrected chi connectivity index (χ2v) is 3.31. The van der Waals surface area contributed by atoms with E-state index in [0.29, 0.717) is 13.2 Å². The van der Waals surface area contributed by atoms with Crippen molar-refractivity contribution in [1.82, 2.24) is 0 Å². The van der Waals surface area contributed by atoms with Gasteiger partial charge in [0, 0.05) is 10.5 Å². The molecule has 16 heavy (non-hydrogen) atoms. The Morgan fingerprint density at radius 1 is 1.25 bits per heavy atom. The molecule has 0 unspecified atom stereocenters. The Hall–Kier alpha value is -1.75. The molecule has 0 aromatic heterocycles. The Labute approximate surface area is 92.3 Å². The second-order valence-electron chi connectivity index (χ2n) is 3.31.